The Hall–Kier alpha value is -1.14. The van der Waals surface area contributed by atoms with Crippen LogP contribution in [0.25, 0.3) is 0 Å². The third kappa shape index (κ3) is 6.54. The van der Waals surface area contributed by atoms with Crippen molar-refractivity contribution in [2.24, 2.45) is 0 Å². The van der Waals surface area contributed by atoms with Crippen molar-refractivity contribution < 1.29 is 19.1 Å². The van der Waals surface area contributed by atoms with Crippen molar-refractivity contribution in [3.8, 4) is 0 Å². The Balaban J connectivity index is 2.34. The van der Waals surface area contributed by atoms with E-state index in [0.717, 1.165) is 19.3 Å². The molecule has 110 valence electrons. The monoisotopic (exact) mass is 272 g/mol. The molecule has 0 aromatic heterocycles. The highest BCUT2D eigenvalue weighted by molar-refractivity contribution is 5.79. The molecular formula is C13H24N2O4. The normalized spacial score (nSPS) is 16.4. The van der Waals surface area contributed by atoms with Gasteiger partial charge >= 0.3 is 5.97 Å². The van der Waals surface area contributed by atoms with Crippen molar-refractivity contribution in [1.29, 1.82) is 0 Å². The van der Waals surface area contributed by atoms with Crippen LogP contribution in [0.3, 0.4) is 0 Å². The van der Waals surface area contributed by atoms with Gasteiger partial charge in [0, 0.05) is 19.3 Å². The van der Waals surface area contributed by atoms with E-state index < -0.39 is 0 Å². The number of carbonyl (C=O) groups excluding carboxylic acids is 2. The van der Waals surface area contributed by atoms with Crippen LogP contribution in [-0.4, -0.2) is 62.8 Å². The zero-order chi connectivity index (χ0) is 14.1. The third-order valence-corrected chi connectivity index (χ3v) is 3.07. The molecule has 6 nitrogen and oxygen atoms in total. The topological polar surface area (TPSA) is 67.9 Å². The lowest BCUT2D eigenvalue weighted by atomic mass is 10.1. The molecule has 1 aliphatic rings. The fourth-order valence-electron chi connectivity index (χ4n) is 2.10. The summed E-state index contributed by atoms with van der Waals surface area (Å²) in [6.45, 7) is 4.51. The molecule has 1 N–H and O–H groups in total. The average molecular weight is 272 g/mol. The molecule has 1 fully saturated rings. The average Bonchev–Trinajstić information content (AvgIpc) is 2.39. The van der Waals surface area contributed by atoms with E-state index in [9.17, 15) is 9.59 Å². The summed E-state index contributed by atoms with van der Waals surface area (Å²) in [4.78, 5) is 25.0. The minimum atomic E-state index is -0.313. The van der Waals surface area contributed by atoms with Crippen LogP contribution in [0.1, 0.15) is 26.2 Å². The van der Waals surface area contributed by atoms with Gasteiger partial charge in [-0.2, -0.15) is 0 Å². The second kappa shape index (κ2) is 8.87. The van der Waals surface area contributed by atoms with Crippen LogP contribution in [0, 0.1) is 0 Å². The van der Waals surface area contributed by atoms with Crippen LogP contribution in [0.4, 0.5) is 0 Å². The SMILES string of the molecule is CCCN(CC(=O)NC1CCOCC1)CC(=O)OC. The van der Waals surface area contributed by atoms with Crippen LogP contribution >= 0.6 is 0 Å². The van der Waals surface area contributed by atoms with Crippen molar-refractivity contribution in [2.75, 3.05) is 40.0 Å². The molecule has 0 radical (unpaired) electrons. The minimum Gasteiger partial charge on any atom is -0.468 e. The molecule has 19 heavy (non-hydrogen) atoms. The van der Waals surface area contributed by atoms with Crippen LogP contribution in [-0.2, 0) is 19.1 Å². The summed E-state index contributed by atoms with van der Waals surface area (Å²) in [6, 6.07) is 0.197. The first-order valence-electron chi connectivity index (χ1n) is 6.82. The number of carbonyl (C=O) groups is 2. The molecule has 0 atom stereocenters. The van der Waals surface area contributed by atoms with Gasteiger partial charge in [-0.1, -0.05) is 6.92 Å². The zero-order valence-electron chi connectivity index (χ0n) is 11.8. The van der Waals surface area contributed by atoms with E-state index in [1.165, 1.54) is 7.11 Å². The number of nitrogens with zero attached hydrogens (tertiary/aromatic N) is 1. The number of rotatable bonds is 7. The molecule has 0 aromatic rings. The maximum atomic E-state index is 11.9. The van der Waals surface area contributed by atoms with Gasteiger partial charge in [0.1, 0.15) is 0 Å². The molecule has 1 rings (SSSR count). The Kier molecular flexibility index (Phi) is 7.43. The fourth-order valence-corrected chi connectivity index (χ4v) is 2.10. The van der Waals surface area contributed by atoms with Gasteiger partial charge in [-0.3, -0.25) is 14.5 Å². The second-order valence-electron chi connectivity index (χ2n) is 4.74. The van der Waals surface area contributed by atoms with Gasteiger partial charge < -0.3 is 14.8 Å². The van der Waals surface area contributed by atoms with Gasteiger partial charge in [0.15, 0.2) is 0 Å². The molecule has 1 aliphatic heterocycles. The van der Waals surface area contributed by atoms with Gasteiger partial charge in [-0.15, -0.1) is 0 Å². The van der Waals surface area contributed by atoms with E-state index in [4.69, 9.17) is 4.74 Å². The van der Waals surface area contributed by atoms with Crippen molar-refractivity contribution in [1.82, 2.24) is 10.2 Å². The molecule has 0 spiro atoms. The van der Waals surface area contributed by atoms with E-state index in [-0.39, 0.29) is 31.0 Å². The lowest BCUT2D eigenvalue weighted by Gasteiger charge is -2.25. The maximum absolute atomic E-state index is 11.9. The molecule has 0 aromatic carbocycles. The molecule has 0 aliphatic carbocycles. The standard InChI is InChI=1S/C13H24N2O4/c1-3-6-15(10-13(17)18-2)9-12(16)14-11-4-7-19-8-5-11/h11H,3-10H2,1-2H3,(H,14,16). The van der Waals surface area contributed by atoms with Crippen molar-refractivity contribution in [3.63, 3.8) is 0 Å². The summed E-state index contributed by atoms with van der Waals surface area (Å²) in [6.07, 6.45) is 2.61. The van der Waals surface area contributed by atoms with E-state index >= 15 is 0 Å². The van der Waals surface area contributed by atoms with Crippen LogP contribution < -0.4 is 5.32 Å². The van der Waals surface area contributed by atoms with E-state index in [1.54, 1.807) is 4.90 Å². The van der Waals surface area contributed by atoms with Crippen LogP contribution in [0.5, 0.6) is 0 Å². The number of esters is 1. The first-order chi connectivity index (χ1) is 9.15. The number of hydrogen-bond donors (Lipinski definition) is 1. The molecule has 1 amide bonds. The first-order valence-corrected chi connectivity index (χ1v) is 6.82. The van der Waals surface area contributed by atoms with Gasteiger partial charge in [0.05, 0.1) is 20.2 Å². The molecule has 1 heterocycles. The number of methoxy groups -OCH3 is 1. The summed E-state index contributed by atoms with van der Waals surface area (Å²) in [7, 11) is 1.36. The predicted octanol–water partition coefficient (Wildman–Crippen LogP) is 0.167. The highest BCUT2D eigenvalue weighted by Gasteiger charge is 2.19. The van der Waals surface area contributed by atoms with Crippen molar-refractivity contribution in [2.45, 2.75) is 32.2 Å². The number of hydrogen-bond acceptors (Lipinski definition) is 5. The molecule has 6 heteroatoms. The number of nitrogens with one attached hydrogen (secondary N) is 1. The lowest BCUT2D eigenvalue weighted by molar-refractivity contribution is -0.142. The lowest BCUT2D eigenvalue weighted by Crippen LogP contribution is -2.45. The first kappa shape index (κ1) is 15.9. The summed E-state index contributed by atoms with van der Waals surface area (Å²) < 4.78 is 9.87. The summed E-state index contributed by atoms with van der Waals surface area (Å²) in [5, 5.41) is 2.99. The Morgan fingerprint density at radius 3 is 2.58 bits per heavy atom. The Bertz CT molecular complexity index is 290. The number of amides is 1. The highest BCUT2D eigenvalue weighted by Crippen LogP contribution is 2.06. The molecule has 0 bridgehead atoms. The molecule has 1 saturated heterocycles. The summed E-state index contributed by atoms with van der Waals surface area (Å²) >= 11 is 0. The predicted molar refractivity (Wildman–Crippen MR) is 70.7 cm³/mol. The minimum absolute atomic E-state index is 0.0377. The molecule has 0 saturated carbocycles. The maximum Gasteiger partial charge on any atom is 0.319 e. The second-order valence-corrected chi connectivity index (χ2v) is 4.74. The Labute approximate surface area is 114 Å². The summed E-state index contributed by atoms with van der Waals surface area (Å²) in [5.74, 6) is -0.350. The van der Waals surface area contributed by atoms with Crippen molar-refractivity contribution >= 4 is 11.9 Å². The van der Waals surface area contributed by atoms with E-state index in [2.05, 4.69) is 10.1 Å². The van der Waals surface area contributed by atoms with Crippen molar-refractivity contribution in [3.05, 3.63) is 0 Å². The van der Waals surface area contributed by atoms with Gasteiger partial charge in [-0.05, 0) is 25.8 Å². The fraction of sp³-hybridized carbons (Fsp3) is 0.846. The third-order valence-electron chi connectivity index (χ3n) is 3.07. The van der Waals surface area contributed by atoms with Crippen LogP contribution in [0.15, 0.2) is 0 Å². The van der Waals surface area contributed by atoms with E-state index in [1.807, 2.05) is 6.92 Å². The quantitative estimate of drug-likeness (QED) is 0.669. The largest absolute Gasteiger partial charge is 0.468 e. The number of ether oxygens (including phenoxy) is 2. The van der Waals surface area contributed by atoms with Gasteiger partial charge in [0.25, 0.3) is 0 Å². The highest BCUT2D eigenvalue weighted by atomic mass is 16.5. The van der Waals surface area contributed by atoms with Crippen LogP contribution in [0.2, 0.25) is 0 Å². The smallest absolute Gasteiger partial charge is 0.319 e. The zero-order valence-corrected chi connectivity index (χ0v) is 11.8. The van der Waals surface area contributed by atoms with E-state index in [0.29, 0.717) is 19.8 Å². The Morgan fingerprint density at radius 1 is 1.32 bits per heavy atom. The summed E-state index contributed by atoms with van der Waals surface area (Å²) in [5.41, 5.74) is 0. The van der Waals surface area contributed by atoms with Gasteiger partial charge in [0.2, 0.25) is 5.91 Å². The Morgan fingerprint density at radius 2 is 2.00 bits per heavy atom. The molecular weight excluding hydrogens is 248 g/mol. The van der Waals surface area contributed by atoms with Gasteiger partial charge in [-0.25, -0.2) is 0 Å². The molecule has 0 unspecified atom stereocenters.